The zero-order chi connectivity index (χ0) is 15.6. The maximum Gasteiger partial charge on any atom is 0.270 e. The molecule has 0 aliphatic carbocycles. The third-order valence-corrected chi connectivity index (χ3v) is 4.16. The summed E-state index contributed by atoms with van der Waals surface area (Å²) in [6, 6.07) is 5.28. The molecule has 2 aromatic rings. The van der Waals surface area contributed by atoms with E-state index in [9.17, 15) is 18.5 Å². The lowest BCUT2D eigenvalue weighted by Crippen LogP contribution is -2.15. The highest BCUT2D eigenvalue weighted by Gasteiger charge is 2.22. The maximum absolute atomic E-state index is 12.3. The number of hydrogen-bond donors (Lipinski definition) is 2. The van der Waals surface area contributed by atoms with Gasteiger partial charge in [-0.1, -0.05) is 6.07 Å². The van der Waals surface area contributed by atoms with E-state index in [0.717, 1.165) is 12.3 Å². The number of non-ortho nitro benzene ring substituents is 1. The van der Waals surface area contributed by atoms with Crippen molar-refractivity contribution >= 4 is 21.5 Å². The van der Waals surface area contributed by atoms with Crippen molar-refractivity contribution in [3.05, 3.63) is 45.6 Å². The van der Waals surface area contributed by atoms with E-state index in [1.165, 1.54) is 19.1 Å². The molecule has 0 spiro atoms. The minimum absolute atomic E-state index is 0.0154. The summed E-state index contributed by atoms with van der Waals surface area (Å²) in [6.07, 6.45) is 1.16. The molecule has 0 atom stereocenters. The minimum atomic E-state index is -4.08. The number of hydrogen-bond acceptors (Lipinski definition) is 6. The van der Waals surface area contributed by atoms with Crippen LogP contribution in [0.1, 0.15) is 11.1 Å². The molecular formula is C11H9N5O4S. The summed E-state index contributed by atoms with van der Waals surface area (Å²) in [4.78, 5) is 9.81. The predicted octanol–water partition coefficient (Wildman–Crippen LogP) is 1.30. The molecule has 0 amide bonds. The molecule has 1 aromatic heterocycles. The highest BCUT2D eigenvalue weighted by Crippen LogP contribution is 2.24. The van der Waals surface area contributed by atoms with Crippen LogP contribution in [0.4, 0.5) is 11.5 Å². The number of nitrogens with one attached hydrogen (secondary N) is 2. The van der Waals surface area contributed by atoms with E-state index in [-0.39, 0.29) is 22.0 Å². The Hall–Kier alpha value is -2.93. The monoisotopic (exact) mass is 307 g/mol. The molecule has 0 saturated heterocycles. The molecular weight excluding hydrogens is 298 g/mol. The second-order valence-electron chi connectivity index (χ2n) is 4.08. The van der Waals surface area contributed by atoms with Gasteiger partial charge in [-0.3, -0.25) is 19.9 Å². The molecule has 0 unspecified atom stereocenters. The SMILES string of the molecule is Cc1ccc([N+](=O)[O-])cc1S(=O)(=O)Nc1[nH]ncc1C#N. The van der Waals surface area contributed by atoms with E-state index in [1.54, 1.807) is 6.07 Å². The fourth-order valence-electron chi connectivity index (χ4n) is 1.63. The molecule has 10 heteroatoms. The van der Waals surface area contributed by atoms with Gasteiger partial charge in [0.1, 0.15) is 11.6 Å². The second kappa shape index (κ2) is 5.22. The molecule has 2 N–H and O–H groups in total. The fourth-order valence-corrected chi connectivity index (χ4v) is 2.93. The van der Waals surface area contributed by atoms with Crippen LogP contribution in [0.25, 0.3) is 0 Å². The van der Waals surface area contributed by atoms with Crippen LogP contribution in [0.2, 0.25) is 0 Å². The zero-order valence-electron chi connectivity index (χ0n) is 10.7. The van der Waals surface area contributed by atoms with E-state index < -0.39 is 14.9 Å². The number of nitro benzene ring substituents is 1. The number of rotatable bonds is 4. The smallest absolute Gasteiger partial charge is 0.263 e. The Kier molecular flexibility index (Phi) is 3.60. The Bertz CT molecular complexity index is 850. The Balaban J connectivity index is 2.47. The van der Waals surface area contributed by atoms with Crippen LogP contribution in [-0.2, 0) is 10.0 Å². The first-order chi connectivity index (χ1) is 9.85. The van der Waals surface area contributed by atoms with Crippen LogP contribution in [0.15, 0.2) is 29.3 Å². The summed E-state index contributed by atoms with van der Waals surface area (Å²) >= 11 is 0. The summed E-state index contributed by atoms with van der Waals surface area (Å²) in [5.74, 6) is -0.0941. The van der Waals surface area contributed by atoms with E-state index in [2.05, 4.69) is 14.9 Å². The van der Waals surface area contributed by atoms with Gasteiger partial charge in [0.25, 0.3) is 15.7 Å². The lowest BCUT2D eigenvalue weighted by Gasteiger charge is -2.08. The van der Waals surface area contributed by atoms with E-state index in [0.29, 0.717) is 5.56 Å². The van der Waals surface area contributed by atoms with Crippen molar-refractivity contribution in [1.82, 2.24) is 10.2 Å². The molecule has 0 aliphatic rings. The van der Waals surface area contributed by atoms with Crippen molar-refractivity contribution in [2.45, 2.75) is 11.8 Å². The number of nitrogens with zero attached hydrogens (tertiary/aromatic N) is 3. The third kappa shape index (κ3) is 2.82. The van der Waals surface area contributed by atoms with Crippen molar-refractivity contribution in [1.29, 1.82) is 5.26 Å². The van der Waals surface area contributed by atoms with Gasteiger partial charge in [-0.15, -0.1) is 0 Å². The average molecular weight is 307 g/mol. The molecule has 2 rings (SSSR count). The lowest BCUT2D eigenvalue weighted by atomic mass is 10.2. The van der Waals surface area contributed by atoms with Crippen molar-refractivity contribution in [3.63, 3.8) is 0 Å². The predicted molar refractivity (Wildman–Crippen MR) is 71.9 cm³/mol. The lowest BCUT2D eigenvalue weighted by molar-refractivity contribution is -0.385. The van der Waals surface area contributed by atoms with E-state index >= 15 is 0 Å². The summed E-state index contributed by atoms with van der Waals surface area (Å²) in [5, 5.41) is 25.5. The molecule has 0 fully saturated rings. The number of nitriles is 1. The first-order valence-electron chi connectivity index (χ1n) is 5.56. The minimum Gasteiger partial charge on any atom is -0.263 e. The van der Waals surface area contributed by atoms with Crippen LogP contribution < -0.4 is 4.72 Å². The number of H-pyrrole nitrogens is 1. The number of aryl methyl sites for hydroxylation is 1. The highest BCUT2D eigenvalue weighted by molar-refractivity contribution is 7.92. The van der Waals surface area contributed by atoms with Gasteiger partial charge in [-0.25, -0.2) is 8.42 Å². The van der Waals surface area contributed by atoms with Gasteiger partial charge in [0, 0.05) is 12.1 Å². The largest absolute Gasteiger partial charge is 0.270 e. The van der Waals surface area contributed by atoms with Crippen molar-refractivity contribution in [2.75, 3.05) is 4.72 Å². The quantitative estimate of drug-likeness (QED) is 0.644. The molecule has 108 valence electrons. The molecule has 1 aromatic carbocycles. The van der Waals surface area contributed by atoms with E-state index in [4.69, 9.17) is 5.26 Å². The molecule has 0 radical (unpaired) electrons. The fraction of sp³-hybridized carbons (Fsp3) is 0.0909. The normalized spacial score (nSPS) is 10.9. The van der Waals surface area contributed by atoms with Crippen LogP contribution in [0, 0.1) is 28.4 Å². The Morgan fingerprint density at radius 2 is 2.19 bits per heavy atom. The van der Waals surface area contributed by atoms with Gasteiger partial charge in [0.05, 0.1) is 16.0 Å². The third-order valence-electron chi connectivity index (χ3n) is 2.67. The zero-order valence-corrected chi connectivity index (χ0v) is 11.5. The standard InChI is InChI=1S/C11H9N5O4S/c1-7-2-3-9(16(17)18)4-10(7)21(19,20)15-11-8(5-12)6-13-14-11/h2-4,6H,1H3,(H2,13,14,15). The number of sulfonamides is 1. The van der Waals surface area contributed by atoms with Crippen molar-refractivity contribution in [2.24, 2.45) is 0 Å². The van der Waals surface area contributed by atoms with Gasteiger partial charge in [-0.05, 0) is 12.5 Å². The number of anilines is 1. The van der Waals surface area contributed by atoms with Gasteiger partial charge in [0.15, 0.2) is 5.82 Å². The van der Waals surface area contributed by atoms with Gasteiger partial charge < -0.3 is 0 Å². The highest BCUT2D eigenvalue weighted by atomic mass is 32.2. The van der Waals surface area contributed by atoms with Gasteiger partial charge in [-0.2, -0.15) is 10.4 Å². The molecule has 0 saturated carbocycles. The van der Waals surface area contributed by atoms with Crippen LogP contribution in [0.5, 0.6) is 0 Å². The molecule has 21 heavy (non-hydrogen) atoms. The second-order valence-corrected chi connectivity index (χ2v) is 5.73. The van der Waals surface area contributed by atoms with Crippen LogP contribution in [0.3, 0.4) is 0 Å². The van der Waals surface area contributed by atoms with Crippen molar-refractivity contribution < 1.29 is 13.3 Å². The Labute approximate surface area is 119 Å². The first kappa shape index (κ1) is 14.5. The summed E-state index contributed by atoms with van der Waals surface area (Å²) < 4.78 is 26.7. The Morgan fingerprint density at radius 3 is 2.81 bits per heavy atom. The number of aromatic nitrogens is 2. The molecule has 1 heterocycles. The van der Waals surface area contributed by atoms with Gasteiger partial charge in [0.2, 0.25) is 0 Å². The van der Waals surface area contributed by atoms with Crippen LogP contribution in [-0.4, -0.2) is 23.5 Å². The number of benzene rings is 1. The number of aromatic amines is 1. The number of nitro groups is 1. The molecule has 0 aliphatic heterocycles. The first-order valence-corrected chi connectivity index (χ1v) is 7.05. The molecule has 0 bridgehead atoms. The summed E-state index contributed by atoms with van der Waals surface area (Å²) in [7, 11) is -4.08. The summed E-state index contributed by atoms with van der Waals surface area (Å²) in [5.41, 5.74) is 0.0128. The van der Waals surface area contributed by atoms with Crippen molar-refractivity contribution in [3.8, 4) is 6.07 Å². The Morgan fingerprint density at radius 1 is 1.48 bits per heavy atom. The average Bonchev–Trinajstić information content (AvgIpc) is 2.85. The molecule has 9 nitrogen and oxygen atoms in total. The van der Waals surface area contributed by atoms with Gasteiger partial charge >= 0.3 is 0 Å². The topological polar surface area (TPSA) is 142 Å². The maximum atomic E-state index is 12.3. The van der Waals surface area contributed by atoms with E-state index in [1.807, 2.05) is 0 Å². The van der Waals surface area contributed by atoms with Crippen LogP contribution >= 0.6 is 0 Å². The summed E-state index contributed by atoms with van der Waals surface area (Å²) in [6.45, 7) is 1.51.